The summed E-state index contributed by atoms with van der Waals surface area (Å²) < 4.78 is 0. The first-order valence-electron chi connectivity index (χ1n) is 5.36. The Balaban J connectivity index is 2.81. The molecule has 0 aliphatic rings. The van der Waals surface area contributed by atoms with Crippen molar-refractivity contribution in [2.24, 2.45) is 0 Å². The quantitative estimate of drug-likeness (QED) is 0.416. The molecule has 92 valence electrons. The molecule has 0 atom stereocenters. The Morgan fingerprint density at radius 2 is 0.867 bits per heavy atom. The van der Waals surface area contributed by atoms with E-state index in [4.69, 9.17) is 0 Å². The van der Waals surface area contributed by atoms with Crippen molar-refractivity contribution in [3.05, 3.63) is 0 Å². The molecule has 0 radical (unpaired) electrons. The van der Waals surface area contributed by atoms with E-state index in [1.54, 1.807) is 0 Å². The lowest BCUT2D eigenvalue weighted by molar-refractivity contribution is 1.13. The third kappa shape index (κ3) is 15.8. The van der Waals surface area contributed by atoms with Crippen LogP contribution in [0.3, 0.4) is 0 Å². The summed E-state index contributed by atoms with van der Waals surface area (Å²) in [5, 5.41) is 0. The molecule has 0 amide bonds. The Labute approximate surface area is 119 Å². The van der Waals surface area contributed by atoms with Crippen molar-refractivity contribution in [1.82, 2.24) is 0 Å². The molecule has 0 aliphatic carbocycles. The Kier molecular flexibility index (Phi) is 17.6. The first kappa shape index (κ1) is 16.8. The Bertz CT molecular complexity index is 98.0. The van der Waals surface area contributed by atoms with Gasteiger partial charge in [-0.1, -0.05) is 0 Å². The van der Waals surface area contributed by atoms with Crippen LogP contribution < -0.4 is 0 Å². The van der Waals surface area contributed by atoms with Crippen LogP contribution >= 0.6 is 60.5 Å². The molecule has 0 nitrogen and oxygen atoms in total. The molecule has 0 aliphatic heterocycles. The smallest absolute Gasteiger partial charge is 0.00238 e. The van der Waals surface area contributed by atoms with Gasteiger partial charge in [-0.3, -0.25) is 0 Å². The summed E-state index contributed by atoms with van der Waals surface area (Å²) in [4.78, 5) is 0. The van der Waals surface area contributed by atoms with E-state index in [1.165, 1.54) is 47.4 Å². The number of rotatable bonds is 12. The molecule has 5 heteroatoms. The summed E-state index contributed by atoms with van der Waals surface area (Å²) in [5.74, 6) is 9.85. The number of thioether (sulfide) groups is 3. The molecule has 0 spiro atoms. The molecule has 0 rings (SSSR count). The molecule has 0 aromatic rings. The van der Waals surface area contributed by atoms with Gasteiger partial charge in [0.1, 0.15) is 0 Å². The van der Waals surface area contributed by atoms with E-state index in [9.17, 15) is 0 Å². The Hall–Kier alpha value is 1.75. The number of hydrogen-bond acceptors (Lipinski definition) is 5. The minimum Gasteiger partial charge on any atom is -0.179 e. The number of hydrogen-bond donors (Lipinski definition) is 2. The maximum absolute atomic E-state index is 4.19. The second-order valence-electron chi connectivity index (χ2n) is 2.99. The van der Waals surface area contributed by atoms with E-state index in [1.807, 2.05) is 0 Å². The summed E-state index contributed by atoms with van der Waals surface area (Å²) in [6, 6.07) is 0. The summed E-state index contributed by atoms with van der Waals surface area (Å²) in [7, 11) is 0. The van der Waals surface area contributed by atoms with Crippen molar-refractivity contribution < 1.29 is 0 Å². The normalized spacial score (nSPS) is 10.8. The maximum Gasteiger partial charge on any atom is 0.00238 e. The highest BCUT2D eigenvalue weighted by Gasteiger charge is 1.92. The van der Waals surface area contributed by atoms with E-state index in [0.717, 1.165) is 11.5 Å². The predicted octanol–water partition coefficient (Wildman–Crippen LogP) is 3.83. The summed E-state index contributed by atoms with van der Waals surface area (Å²) in [6.45, 7) is 0. The van der Waals surface area contributed by atoms with Gasteiger partial charge in [0.2, 0.25) is 0 Å². The van der Waals surface area contributed by atoms with Gasteiger partial charge in [0, 0.05) is 23.0 Å². The van der Waals surface area contributed by atoms with Gasteiger partial charge in [-0.05, 0) is 35.9 Å². The van der Waals surface area contributed by atoms with Crippen LogP contribution in [0.2, 0.25) is 0 Å². The SMILES string of the molecule is SCCCSCCSCCSCCCS. The van der Waals surface area contributed by atoms with Crippen LogP contribution in [0.1, 0.15) is 12.8 Å². The zero-order chi connectivity index (χ0) is 11.2. The van der Waals surface area contributed by atoms with E-state index in [2.05, 4.69) is 60.5 Å². The second kappa shape index (κ2) is 15.8. The minimum absolute atomic E-state index is 1.03. The molecule has 0 heterocycles. The lowest BCUT2D eigenvalue weighted by Gasteiger charge is -2.01. The van der Waals surface area contributed by atoms with Crippen LogP contribution in [0.25, 0.3) is 0 Å². The third-order valence-corrected chi connectivity index (χ3v) is 5.91. The fourth-order valence-corrected chi connectivity index (χ4v) is 4.81. The van der Waals surface area contributed by atoms with E-state index in [0.29, 0.717) is 0 Å². The Morgan fingerprint density at radius 3 is 1.20 bits per heavy atom. The standard InChI is InChI=1S/C10H22S5/c11-3-1-5-13-7-9-15-10-8-14-6-2-4-12/h11-12H,1-10H2. The fraction of sp³-hybridized carbons (Fsp3) is 1.00. The van der Waals surface area contributed by atoms with Crippen molar-refractivity contribution in [3.8, 4) is 0 Å². The van der Waals surface area contributed by atoms with Crippen molar-refractivity contribution in [2.75, 3.05) is 46.0 Å². The first-order valence-corrected chi connectivity index (χ1v) is 10.1. The van der Waals surface area contributed by atoms with E-state index < -0.39 is 0 Å². The number of thiol groups is 2. The molecule has 0 unspecified atom stereocenters. The summed E-state index contributed by atoms with van der Waals surface area (Å²) >= 11 is 14.6. The molecule has 0 aromatic carbocycles. The topological polar surface area (TPSA) is 0 Å². The van der Waals surface area contributed by atoms with Crippen molar-refractivity contribution in [3.63, 3.8) is 0 Å². The van der Waals surface area contributed by atoms with Crippen LogP contribution in [-0.2, 0) is 0 Å². The van der Waals surface area contributed by atoms with Gasteiger partial charge in [0.15, 0.2) is 0 Å². The average molecular weight is 303 g/mol. The molecule has 15 heavy (non-hydrogen) atoms. The van der Waals surface area contributed by atoms with Crippen LogP contribution in [0.5, 0.6) is 0 Å². The zero-order valence-electron chi connectivity index (χ0n) is 9.19. The van der Waals surface area contributed by atoms with Crippen molar-refractivity contribution in [2.45, 2.75) is 12.8 Å². The highest BCUT2D eigenvalue weighted by molar-refractivity contribution is 8.04. The molecule has 0 N–H and O–H groups in total. The largest absolute Gasteiger partial charge is 0.179 e. The van der Waals surface area contributed by atoms with Crippen LogP contribution in [0, 0.1) is 0 Å². The van der Waals surface area contributed by atoms with E-state index in [-0.39, 0.29) is 0 Å². The van der Waals surface area contributed by atoms with Crippen LogP contribution in [0.15, 0.2) is 0 Å². The summed E-state index contributed by atoms with van der Waals surface area (Å²) in [6.07, 6.45) is 2.50. The van der Waals surface area contributed by atoms with Gasteiger partial charge in [0.25, 0.3) is 0 Å². The monoisotopic (exact) mass is 302 g/mol. The molecule has 0 bridgehead atoms. The van der Waals surface area contributed by atoms with Crippen molar-refractivity contribution in [1.29, 1.82) is 0 Å². The fourth-order valence-electron chi connectivity index (χ4n) is 0.875. The van der Waals surface area contributed by atoms with Gasteiger partial charge >= 0.3 is 0 Å². The molecule has 0 fully saturated rings. The van der Waals surface area contributed by atoms with Crippen LogP contribution in [0.4, 0.5) is 0 Å². The van der Waals surface area contributed by atoms with Gasteiger partial charge in [-0.15, -0.1) is 0 Å². The van der Waals surface area contributed by atoms with Gasteiger partial charge in [0.05, 0.1) is 0 Å². The average Bonchev–Trinajstić information content (AvgIpc) is 2.26. The zero-order valence-corrected chi connectivity index (χ0v) is 13.4. The van der Waals surface area contributed by atoms with E-state index >= 15 is 0 Å². The lowest BCUT2D eigenvalue weighted by atomic mass is 10.6. The first-order chi connectivity index (χ1) is 7.41. The van der Waals surface area contributed by atoms with Crippen molar-refractivity contribution >= 4 is 60.5 Å². The predicted molar refractivity (Wildman–Crippen MR) is 88.9 cm³/mol. The second-order valence-corrected chi connectivity index (χ2v) is 7.56. The molecular weight excluding hydrogens is 280 g/mol. The van der Waals surface area contributed by atoms with Gasteiger partial charge in [-0.25, -0.2) is 0 Å². The minimum atomic E-state index is 1.03. The van der Waals surface area contributed by atoms with Gasteiger partial charge in [-0.2, -0.15) is 60.5 Å². The maximum atomic E-state index is 4.19. The highest BCUT2D eigenvalue weighted by atomic mass is 32.2. The van der Waals surface area contributed by atoms with Crippen LogP contribution in [-0.4, -0.2) is 46.0 Å². The molecule has 0 saturated carbocycles. The molecule has 0 aromatic heterocycles. The highest BCUT2D eigenvalue weighted by Crippen LogP contribution is 2.11. The Morgan fingerprint density at radius 1 is 0.533 bits per heavy atom. The lowest BCUT2D eigenvalue weighted by Crippen LogP contribution is -1.92. The molecular formula is C10H22S5. The van der Waals surface area contributed by atoms with Gasteiger partial charge < -0.3 is 0 Å². The third-order valence-electron chi connectivity index (χ3n) is 1.64. The summed E-state index contributed by atoms with van der Waals surface area (Å²) in [5.41, 5.74) is 0. The molecule has 0 saturated heterocycles.